The number of aryl methyl sites for hydroxylation is 1. The Morgan fingerprint density at radius 1 is 1.02 bits per heavy atom. The van der Waals surface area contributed by atoms with Crippen LogP contribution in [0, 0.1) is 0 Å². The molecule has 258 valence electrons. The topological polar surface area (TPSA) is 119 Å². The van der Waals surface area contributed by atoms with Crippen LogP contribution in [0.2, 0.25) is 0 Å². The number of ether oxygens (including phenoxy) is 1. The fourth-order valence-corrected chi connectivity index (χ4v) is 8.37. The van der Waals surface area contributed by atoms with Crippen molar-refractivity contribution in [2.75, 3.05) is 74.7 Å². The van der Waals surface area contributed by atoms with E-state index in [-0.39, 0.29) is 25.0 Å². The number of carbonyl (C=O) groups is 2. The van der Waals surface area contributed by atoms with E-state index in [9.17, 15) is 14.7 Å². The second-order valence-corrected chi connectivity index (χ2v) is 14.2. The predicted molar refractivity (Wildman–Crippen MR) is 187 cm³/mol. The molecule has 8 rings (SSSR count). The van der Waals surface area contributed by atoms with Crippen LogP contribution in [-0.2, 0) is 34.3 Å². The highest BCUT2D eigenvalue weighted by molar-refractivity contribution is 6.05. The lowest BCUT2D eigenvalue weighted by molar-refractivity contribution is -0.127. The van der Waals surface area contributed by atoms with Crippen LogP contribution >= 0.6 is 0 Å². The monoisotopic (exact) mass is 666 g/mol. The summed E-state index contributed by atoms with van der Waals surface area (Å²) in [6.45, 7) is 8.15. The summed E-state index contributed by atoms with van der Waals surface area (Å²) in [5, 5.41) is 14.2. The molecule has 0 spiro atoms. The summed E-state index contributed by atoms with van der Waals surface area (Å²) < 4.78 is 7.62. The quantitative estimate of drug-likeness (QED) is 0.374. The van der Waals surface area contributed by atoms with Gasteiger partial charge >= 0.3 is 0 Å². The van der Waals surface area contributed by atoms with Gasteiger partial charge in [0.15, 0.2) is 0 Å². The Kier molecular flexibility index (Phi) is 8.41. The number of pyridine rings is 2. The van der Waals surface area contributed by atoms with Crippen molar-refractivity contribution in [2.24, 2.45) is 0 Å². The maximum Gasteiger partial charge on any atom is 0.276 e. The Balaban J connectivity index is 1.02. The number of aliphatic hydroxyl groups excluding tert-OH is 1. The van der Waals surface area contributed by atoms with E-state index in [0.717, 1.165) is 88.4 Å². The van der Waals surface area contributed by atoms with E-state index in [1.807, 2.05) is 30.5 Å². The molecule has 12 nitrogen and oxygen atoms in total. The zero-order valence-electron chi connectivity index (χ0n) is 28.5. The maximum absolute atomic E-state index is 13.8. The van der Waals surface area contributed by atoms with E-state index in [2.05, 4.69) is 43.7 Å². The molecule has 2 amide bonds. The fourth-order valence-electron chi connectivity index (χ4n) is 8.37. The average Bonchev–Trinajstić information content (AvgIpc) is 3.50. The molecule has 0 bridgehead atoms. The summed E-state index contributed by atoms with van der Waals surface area (Å²) >= 11 is 0. The third kappa shape index (κ3) is 5.69. The van der Waals surface area contributed by atoms with Crippen LogP contribution in [0.1, 0.15) is 53.5 Å². The number of aliphatic hydroxyl groups is 1. The molecule has 3 aromatic rings. The Morgan fingerprint density at radius 3 is 2.63 bits per heavy atom. The molecule has 2 N–H and O–H groups in total. The Morgan fingerprint density at radius 2 is 1.88 bits per heavy atom. The number of hydrogen-bond acceptors (Lipinski definition) is 9. The Bertz CT molecular complexity index is 1770. The number of rotatable bonds is 8. The molecule has 4 aliphatic heterocycles. The number of nitrogens with zero attached hydrogens (tertiary/aromatic N) is 7. The zero-order chi connectivity index (χ0) is 33.7. The van der Waals surface area contributed by atoms with E-state index in [1.54, 1.807) is 23.0 Å². The van der Waals surface area contributed by atoms with Crippen molar-refractivity contribution in [3.05, 3.63) is 77.0 Å². The summed E-state index contributed by atoms with van der Waals surface area (Å²) in [7, 11) is 1.74. The summed E-state index contributed by atoms with van der Waals surface area (Å²) in [6.07, 6.45) is 10.8. The summed E-state index contributed by atoms with van der Waals surface area (Å²) in [5.74, 6) is 0.880. The number of hydrogen-bond donors (Lipinski definition) is 2. The van der Waals surface area contributed by atoms with E-state index >= 15 is 0 Å². The summed E-state index contributed by atoms with van der Waals surface area (Å²) in [5.41, 5.74) is 4.63. The van der Waals surface area contributed by atoms with Gasteiger partial charge in [0.2, 0.25) is 0 Å². The van der Waals surface area contributed by atoms with Gasteiger partial charge in [-0.2, -0.15) is 0 Å². The molecule has 3 aromatic heterocycles. The van der Waals surface area contributed by atoms with Gasteiger partial charge in [0.05, 0.1) is 43.2 Å². The number of anilines is 3. The molecule has 2 fully saturated rings. The minimum Gasteiger partial charge on any atom is -0.395 e. The van der Waals surface area contributed by atoms with Crippen LogP contribution in [0.5, 0.6) is 0 Å². The molecular weight excluding hydrogens is 620 g/mol. The number of carbonyl (C=O) groups excluding carboxylic acids is 2. The first-order chi connectivity index (χ1) is 23.9. The number of aromatic nitrogens is 3. The fraction of sp³-hybridized carbons (Fsp3) is 0.514. The third-order valence-electron chi connectivity index (χ3n) is 11.3. The molecule has 5 aliphatic rings. The van der Waals surface area contributed by atoms with Crippen molar-refractivity contribution in [3.8, 4) is 0 Å². The minimum atomic E-state index is -0.903. The number of amides is 2. The van der Waals surface area contributed by atoms with Gasteiger partial charge in [0.25, 0.3) is 11.8 Å². The molecule has 12 heteroatoms. The highest BCUT2D eigenvalue weighted by Crippen LogP contribution is 2.35. The van der Waals surface area contributed by atoms with Crippen molar-refractivity contribution < 1.29 is 19.4 Å². The van der Waals surface area contributed by atoms with Crippen LogP contribution in [0.15, 0.2) is 54.5 Å². The van der Waals surface area contributed by atoms with Crippen LogP contribution < -0.4 is 15.1 Å². The molecule has 0 radical (unpaired) electrons. The van der Waals surface area contributed by atoms with Gasteiger partial charge in [0, 0.05) is 64.2 Å². The first kappa shape index (κ1) is 32.0. The molecular formula is C37H46N8O4. The highest BCUT2D eigenvalue weighted by atomic mass is 16.5. The maximum atomic E-state index is 13.8. The van der Waals surface area contributed by atoms with Gasteiger partial charge in [-0.15, -0.1) is 0 Å². The van der Waals surface area contributed by atoms with Gasteiger partial charge < -0.3 is 29.5 Å². The van der Waals surface area contributed by atoms with E-state index in [0.29, 0.717) is 36.0 Å². The largest absolute Gasteiger partial charge is 0.395 e. The van der Waals surface area contributed by atoms with Crippen LogP contribution in [0.4, 0.5) is 17.3 Å². The minimum absolute atomic E-state index is 0.0493. The molecule has 7 heterocycles. The first-order valence-electron chi connectivity index (χ1n) is 17.8. The van der Waals surface area contributed by atoms with Gasteiger partial charge in [-0.05, 0) is 79.6 Å². The zero-order valence-corrected chi connectivity index (χ0v) is 28.5. The lowest BCUT2D eigenvalue weighted by atomic mass is 9.78. The molecule has 49 heavy (non-hydrogen) atoms. The van der Waals surface area contributed by atoms with Crippen LogP contribution in [-0.4, -0.2) is 113 Å². The Labute approximate surface area is 287 Å². The molecule has 2 atom stereocenters. The van der Waals surface area contributed by atoms with E-state index < -0.39 is 5.41 Å². The van der Waals surface area contributed by atoms with Crippen molar-refractivity contribution in [1.82, 2.24) is 24.3 Å². The summed E-state index contributed by atoms with van der Waals surface area (Å²) in [4.78, 5) is 44.8. The van der Waals surface area contributed by atoms with Gasteiger partial charge in [-0.25, -0.2) is 9.97 Å². The molecule has 0 aromatic carbocycles. The van der Waals surface area contributed by atoms with E-state index in [4.69, 9.17) is 9.72 Å². The highest BCUT2D eigenvalue weighted by Gasteiger charge is 2.40. The van der Waals surface area contributed by atoms with Gasteiger partial charge in [-0.1, -0.05) is 6.92 Å². The number of fused-ring (bicyclic) bond motifs is 3. The van der Waals surface area contributed by atoms with Crippen molar-refractivity contribution in [1.29, 1.82) is 0 Å². The standard InChI is InChI=1S/C37H46N8O4/c1-3-27-20-42(29-21-49-22-29)12-13-43(27)28-8-9-33(39-19-28)40-30-18-37(24-46,23-41(2)35(30)47)26-10-11-38-34(17-26)45-15-14-44-31-7-5-4-6-25(31)16-32(44)36(45)48/h8-11,16-19,27,29,46H,3-7,12-15,20-24H2,1-2H3,(H,39,40)/t27-,37?/m0/s1. The number of piperazine rings is 1. The Hall–Kier alpha value is -4.26. The van der Waals surface area contributed by atoms with Crippen LogP contribution in [0.25, 0.3) is 0 Å². The second kappa shape index (κ2) is 12.9. The second-order valence-electron chi connectivity index (χ2n) is 14.2. The predicted octanol–water partition coefficient (Wildman–Crippen LogP) is 2.81. The van der Waals surface area contributed by atoms with Crippen molar-refractivity contribution in [2.45, 2.75) is 63.1 Å². The molecule has 1 unspecified atom stereocenters. The summed E-state index contributed by atoms with van der Waals surface area (Å²) in [6, 6.07) is 10.7. The van der Waals surface area contributed by atoms with Gasteiger partial charge in [-0.3, -0.25) is 19.4 Å². The SMILES string of the molecule is CC[C@H]1CN(C2COC2)CCN1c1ccc(NC2=CC(CO)(c3ccnc(N4CCn5c(cc6c5CCCC6)C4=O)c3)CN(C)C2=O)nc1. The average molecular weight is 667 g/mol. The van der Waals surface area contributed by atoms with Gasteiger partial charge in [0.1, 0.15) is 23.0 Å². The lowest BCUT2D eigenvalue weighted by Gasteiger charge is -2.47. The smallest absolute Gasteiger partial charge is 0.276 e. The van der Waals surface area contributed by atoms with Crippen molar-refractivity contribution in [3.63, 3.8) is 0 Å². The first-order valence-corrected chi connectivity index (χ1v) is 17.8. The molecule has 0 saturated carbocycles. The van der Waals surface area contributed by atoms with E-state index in [1.165, 1.54) is 11.3 Å². The molecule has 2 saturated heterocycles. The number of nitrogens with one attached hydrogen (secondary N) is 1. The van der Waals surface area contributed by atoms with Crippen molar-refractivity contribution >= 4 is 29.1 Å². The molecule has 1 aliphatic carbocycles. The lowest BCUT2D eigenvalue weighted by Crippen LogP contribution is -2.60. The number of likely N-dealkylation sites (N-methyl/N-ethyl adjacent to an activating group) is 1. The third-order valence-corrected chi connectivity index (χ3v) is 11.3. The normalized spacial score (nSPS) is 24.8. The van der Waals surface area contributed by atoms with Crippen LogP contribution in [0.3, 0.4) is 0 Å².